The zero-order valence-electron chi connectivity index (χ0n) is 11.9. The van der Waals surface area contributed by atoms with E-state index in [-0.39, 0.29) is 11.4 Å². The van der Waals surface area contributed by atoms with Crippen LogP contribution in [0.1, 0.15) is 50.7 Å². The fourth-order valence-corrected chi connectivity index (χ4v) is 2.53. The molecule has 0 radical (unpaired) electrons. The Morgan fingerprint density at radius 1 is 1.28 bits per heavy atom. The molecule has 2 atom stereocenters. The van der Waals surface area contributed by atoms with Gasteiger partial charge >= 0.3 is 0 Å². The average Bonchev–Trinajstić information content (AvgIpc) is 2.20. The van der Waals surface area contributed by atoms with E-state index in [1.807, 2.05) is 13.0 Å². The van der Waals surface area contributed by atoms with Gasteiger partial charge in [-0.25, -0.2) is 4.39 Å². The summed E-state index contributed by atoms with van der Waals surface area (Å²) in [4.78, 5) is 0. The van der Waals surface area contributed by atoms with Crippen LogP contribution < -0.4 is 5.32 Å². The summed E-state index contributed by atoms with van der Waals surface area (Å²) >= 11 is 0. The van der Waals surface area contributed by atoms with Crippen molar-refractivity contribution in [3.05, 3.63) is 35.1 Å². The molecule has 1 N–H and O–H groups in total. The molecule has 0 bridgehead atoms. The fraction of sp³-hybridized carbons (Fsp3) is 0.625. The van der Waals surface area contributed by atoms with Crippen LogP contribution in [0.25, 0.3) is 0 Å². The molecule has 2 heteroatoms. The van der Waals surface area contributed by atoms with Crippen LogP contribution in [0.3, 0.4) is 0 Å². The lowest BCUT2D eigenvalue weighted by molar-refractivity contribution is 0.225. The summed E-state index contributed by atoms with van der Waals surface area (Å²) in [5.74, 6) is 1.13. The Morgan fingerprint density at radius 3 is 2.50 bits per heavy atom. The quantitative estimate of drug-likeness (QED) is 0.853. The van der Waals surface area contributed by atoms with E-state index >= 15 is 0 Å². The van der Waals surface area contributed by atoms with Gasteiger partial charge in [0.25, 0.3) is 0 Å². The Labute approximate surface area is 110 Å². The molecule has 1 aliphatic carbocycles. The van der Waals surface area contributed by atoms with Crippen LogP contribution in [-0.2, 0) is 0 Å². The number of halogens is 1. The van der Waals surface area contributed by atoms with E-state index in [0.29, 0.717) is 11.8 Å². The molecule has 1 fully saturated rings. The molecule has 1 saturated carbocycles. The van der Waals surface area contributed by atoms with Gasteiger partial charge in [-0.1, -0.05) is 12.1 Å². The first-order valence-electron chi connectivity index (χ1n) is 6.88. The highest BCUT2D eigenvalue weighted by molar-refractivity contribution is 5.28. The van der Waals surface area contributed by atoms with Crippen LogP contribution in [0.2, 0.25) is 0 Å². The molecule has 0 amide bonds. The van der Waals surface area contributed by atoms with Gasteiger partial charge in [-0.15, -0.1) is 0 Å². The largest absolute Gasteiger partial charge is 0.312 e. The van der Waals surface area contributed by atoms with Crippen molar-refractivity contribution in [1.82, 2.24) is 5.32 Å². The SMILES string of the molecule is Cc1ccc(C2CCC2CNC(C)(C)C)cc1F. The first-order chi connectivity index (χ1) is 8.37. The third kappa shape index (κ3) is 3.11. The first kappa shape index (κ1) is 13.5. The molecule has 0 saturated heterocycles. The monoisotopic (exact) mass is 249 g/mol. The maximum Gasteiger partial charge on any atom is 0.126 e. The van der Waals surface area contributed by atoms with Crippen molar-refractivity contribution < 1.29 is 4.39 Å². The van der Waals surface area contributed by atoms with Gasteiger partial charge in [0.15, 0.2) is 0 Å². The van der Waals surface area contributed by atoms with Gasteiger partial charge in [-0.05, 0) is 76.1 Å². The van der Waals surface area contributed by atoms with Crippen molar-refractivity contribution >= 4 is 0 Å². The van der Waals surface area contributed by atoms with Gasteiger partial charge in [-0.3, -0.25) is 0 Å². The second-order valence-corrected chi connectivity index (χ2v) is 6.58. The molecule has 100 valence electrons. The van der Waals surface area contributed by atoms with Crippen LogP contribution in [0.15, 0.2) is 18.2 Å². The van der Waals surface area contributed by atoms with Crippen LogP contribution in [0.5, 0.6) is 0 Å². The highest BCUT2D eigenvalue weighted by Gasteiger charge is 2.32. The Bertz CT molecular complexity index is 420. The molecule has 0 aromatic heterocycles. The zero-order valence-corrected chi connectivity index (χ0v) is 11.9. The van der Waals surface area contributed by atoms with E-state index < -0.39 is 0 Å². The number of rotatable bonds is 3. The summed E-state index contributed by atoms with van der Waals surface area (Å²) in [6, 6.07) is 5.72. The third-order valence-corrected chi connectivity index (χ3v) is 3.94. The lowest BCUT2D eigenvalue weighted by atomic mass is 9.69. The Hall–Kier alpha value is -0.890. The minimum atomic E-state index is -0.0677. The predicted molar refractivity (Wildman–Crippen MR) is 74.4 cm³/mol. The zero-order chi connectivity index (χ0) is 13.3. The lowest BCUT2D eigenvalue weighted by Gasteiger charge is -2.39. The van der Waals surface area contributed by atoms with E-state index in [9.17, 15) is 4.39 Å². The smallest absolute Gasteiger partial charge is 0.126 e. The van der Waals surface area contributed by atoms with Crippen LogP contribution in [-0.4, -0.2) is 12.1 Å². The summed E-state index contributed by atoms with van der Waals surface area (Å²) in [5, 5.41) is 3.56. The standard InChI is InChI=1S/C16H24FN/c1-11-5-6-12(9-15(11)17)14-8-7-13(14)10-18-16(2,3)4/h5-6,9,13-14,18H,7-8,10H2,1-4H3. The van der Waals surface area contributed by atoms with Gasteiger partial charge in [0.1, 0.15) is 5.82 Å². The number of hydrogen-bond donors (Lipinski definition) is 1. The Kier molecular flexibility index (Phi) is 3.76. The van der Waals surface area contributed by atoms with Crippen LogP contribution >= 0.6 is 0 Å². The fourth-order valence-electron chi connectivity index (χ4n) is 2.53. The average molecular weight is 249 g/mol. The molecule has 2 rings (SSSR count). The molecular weight excluding hydrogens is 225 g/mol. The molecule has 1 aliphatic rings. The third-order valence-electron chi connectivity index (χ3n) is 3.94. The van der Waals surface area contributed by atoms with E-state index in [4.69, 9.17) is 0 Å². The second kappa shape index (κ2) is 5.00. The van der Waals surface area contributed by atoms with Crippen LogP contribution in [0.4, 0.5) is 4.39 Å². The molecular formula is C16H24FN. The molecule has 1 aromatic rings. The van der Waals surface area contributed by atoms with E-state index in [1.165, 1.54) is 18.4 Å². The molecule has 2 unspecified atom stereocenters. The van der Waals surface area contributed by atoms with Crippen molar-refractivity contribution in [3.8, 4) is 0 Å². The summed E-state index contributed by atoms with van der Waals surface area (Å²) in [6.45, 7) is 9.41. The van der Waals surface area contributed by atoms with Gasteiger partial charge in [0, 0.05) is 5.54 Å². The number of aryl methyl sites for hydroxylation is 1. The summed E-state index contributed by atoms with van der Waals surface area (Å²) in [7, 11) is 0. The molecule has 0 heterocycles. The van der Waals surface area contributed by atoms with Gasteiger partial charge in [0.2, 0.25) is 0 Å². The van der Waals surface area contributed by atoms with Crippen LogP contribution in [0, 0.1) is 18.7 Å². The predicted octanol–water partition coefficient (Wildman–Crippen LogP) is 4.02. The maximum atomic E-state index is 13.6. The molecule has 1 nitrogen and oxygen atoms in total. The second-order valence-electron chi connectivity index (χ2n) is 6.58. The topological polar surface area (TPSA) is 12.0 Å². The minimum absolute atomic E-state index is 0.0677. The minimum Gasteiger partial charge on any atom is -0.312 e. The van der Waals surface area contributed by atoms with Gasteiger partial charge in [-0.2, -0.15) is 0 Å². The summed E-state index contributed by atoms with van der Waals surface area (Å²) in [5.41, 5.74) is 2.08. The van der Waals surface area contributed by atoms with E-state index in [0.717, 1.165) is 12.1 Å². The Balaban J connectivity index is 1.99. The van der Waals surface area contributed by atoms with Crippen molar-refractivity contribution in [2.45, 2.75) is 52.0 Å². The number of hydrogen-bond acceptors (Lipinski definition) is 1. The van der Waals surface area contributed by atoms with Crippen molar-refractivity contribution in [3.63, 3.8) is 0 Å². The maximum absolute atomic E-state index is 13.6. The highest BCUT2D eigenvalue weighted by atomic mass is 19.1. The molecule has 0 aliphatic heterocycles. The number of benzene rings is 1. The molecule has 1 aromatic carbocycles. The van der Waals surface area contributed by atoms with Crippen molar-refractivity contribution in [1.29, 1.82) is 0 Å². The number of nitrogens with one attached hydrogen (secondary N) is 1. The molecule has 0 spiro atoms. The van der Waals surface area contributed by atoms with Crippen molar-refractivity contribution in [2.24, 2.45) is 5.92 Å². The first-order valence-corrected chi connectivity index (χ1v) is 6.88. The highest BCUT2D eigenvalue weighted by Crippen LogP contribution is 2.42. The van der Waals surface area contributed by atoms with E-state index in [1.54, 1.807) is 6.07 Å². The normalized spacial score (nSPS) is 23.8. The van der Waals surface area contributed by atoms with E-state index in [2.05, 4.69) is 32.2 Å². The molecule has 18 heavy (non-hydrogen) atoms. The van der Waals surface area contributed by atoms with Gasteiger partial charge in [0.05, 0.1) is 0 Å². The summed E-state index contributed by atoms with van der Waals surface area (Å²) < 4.78 is 13.6. The van der Waals surface area contributed by atoms with Crippen molar-refractivity contribution in [2.75, 3.05) is 6.54 Å². The lowest BCUT2D eigenvalue weighted by Crippen LogP contribution is -2.42. The van der Waals surface area contributed by atoms with Gasteiger partial charge < -0.3 is 5.32 Å². The summed E-state index contributed by atoms with van der Waals surface area (Å²) in [6.07, 6.45) is 2.45. The Morgan fingerprint density at radius 2 is 2.00 bits per heavy atom.